The van der Waals surface area contributed by atoms with E-state index in [1.165, 1.54) is 52.8 Å². The van der Waals surface area contributed by atoms with Gasteiger partial charge in [0.15, 0.2) is 0 Å². The van der Waals surface area contributed by atoms with E-state index in [4.69, 9.17) is 11.6 Å². The average Bonchev–Trinajstić information content (AvgIpc) is 3.03. The van der Waals surface area contributed by atoms with Crippen molar-refractivity contribution in [3.63, 3.8) is 0 Å². The molecule has 3 rings (SSSR count). The molecule has 0 atom stereocenters. The first kappa shape index (κ1) is 19.6. The summed E-state index contributed by atoms with van der Waals surface area (Å²) >= 11 is 4.71. The van der Waals surface area contributed by atoms with E-state index in [0.717, 1.165) is 0 Å². The van der Waals surface area contributed by atoms with Gasteiger partial charge in [0, 0.05) is 43.8 Å². The highest BCUT2D eigenvalue weighted by Gasteiger charge is 2.27. The summed E-state index contributed by atoms with van der Waals surface area (Å²) in [6.07, 6.45) is 2.96. The molecule has 1 amide bonds. The molecule has 3 aromatic rings. The van der Waals surface area contributed by atoms with E-state index in [1.54, 1.807) is 19.3 Å². The van der Waals surface area contributed by atoms with Crippen molar-refractivity contribution in [3.8, 4) is 17.0 Å². The Bertz CT molecular complexity index is 1070. The number of pyridine rings is 1. The molecule has 28 heavy (non-hydrogen) atoms. The largest absolute Gasteiger partial charge is 0.487 e. The summed E-state index contributed by atoms with van der Waals surface area (Å²) in [4.78, 5) is 25.0. The zero-order valence-corrected chi connectivity index (χ0v) is 15.6. The number of rotatable bonds is 5. The molecule has 0 radical (unpaired) electrons. The molecule has 0 aliphatic heterocycles. The topological polar surface area (TPSA) is 78.2 Å². The van der Waals surface area contributed by atoms with Crippen LogP contribution in [0.1, 0.15) is 10.4 Å². The zero-order valence-electron chi connectivity index (χ0n) is 14.8. The van der Waals surface area contributed by atoms with E-state index >= 15 is 0 Å². The van der Waals surface area contributed by atoms with Gasteiger partial charge in [-0.15, -0.1) is 8.78 Å². The van der Waals surface area contributed by atoms with Crippen molar-refractivity contribution in [3.05, 3.63) is 64.7 Å². The highest BCUT2D eigenvalue weighted by atomic mass is 35.5. The van der Waals surface area contributed by atoms with Gasteiger partial charge in [0.25, 0.3) is 11.5 Å². The number of alkyl halides is 3. The van der Waals surface area contributed by atoms with Crippen LogP contribution in [0.2, 0.25) is 0 Å². The molecule has 0 aliphatic carbocycles. The van der Waals surface area contributed by atoms with Crippen LogP contribution in [-0.4, -0.2) is 25.8 Å². The lowest BCUT2D eigenvalue weighted by atomic mass is 10.1. The standard InChI is InChI=1S/C18H15ClF2N4O3/c1-24-10-11(9-14(17(24)27)15-7-8-22-25(15)2)16(26)23-12-3-5-13(6-4-12)28-18(19,20)21/h3-10H,1-2H3,(H,23,26). The first-order chi connectivity index (χ1) is 13.1. The van der Waals surface area contributed by atoms with Crippen LogP contribution in [0.5, 0.6) is 5.75 Å². The van der Waals surface area contributed by atoms with Gasteiger partial charge in [0.2, 0.25) is 0 Å². The van der Waals surface area contributed by atoms with Gasteiger partial charge < -0.3 is 14.6 Å². The summed E-state index contributed by atoms with van der Waals surface area (Å²) in [6, 6.07) is 8.41. The molecule has 2 aromatic heterocycles. The Kier molecular flexibility index (Phi) is 5.19. The number of carbonyl (C=O) groups excluding carboxylic acids is 1. The Balaban J connectivity index is 1.84. The third-order valence-corrected chi connectivity index (χ3v) is 3.97. The molecule has 0 bridgehead atoms. The summed E-state index contributed by atoms with van der Waals surface area (Å²) in [6.45, 7) is 0. The second kappa shape index (κ2) is 7.43. The van der Waals surface area contributed by atoms with E-state index in [1.807, 2.05) is 0 Å². The number of aromatic nitrogens is 3. The third-order valence-electron chi connectivity index (χ3n) is 3.89. The van der Waals surface area contributed by atoms with Gasteiger partial charge in [-0.25, -0.2) is 0 Å². The average molecular weight is 409 g/mol. The van der Waals surface area contributed by atoms with Crippen molar-refractivity contribution in [2.75, 3.05) is 5.32 Å². The number of anilines is 1. The van der Waals surface area contributed by atoms with Gasteiger partial charge in [-0.05, 0) is 36.4 Å². The highest BCUT2D eigenvalue weighted by Crippen LogP contribution is 2.26. The maximum atomic E-state index is 12.6. The number of carbonyl (C=O) groups is 1. The first-order valence-corrected chi connectivity index (χ1v) is 8.38. The van der Waals surface area contributed by atoms with Crippen LogP contribution < -0.4 is 15.6 Å². The molecule has 0 spiro atoms. The molecular weight excluding hydrogens is 394 g/mol. The van der Waals surface area contributed by atoms with E-state index in [2.05, 4.69) is 15.2 Å². The Hall–Kier alpha value is -3.20. The fraction of sp³-hybridized carbons (Fsp3) is 0.167. The molecule has 0 fully saturated rings. The second-order valence-electron chi connectivity index (χ2n) is 5.92. The van der Waals surface area contributed by atoms with Crippen LogP contribution in [0.15, 0.2) is 53.6 Å². The maximum absolute atomic E-state index is 12.6. The van der Waals surface area contributed by atoms with Gasteiger partial charge in [-0.2, -0.15) is 5.10 Å². The first-order valence-electron chi connectivity index (χ1n) is 8.00. The van der Waals surface area contributed by atoms with Crippen LogP contribution in [0.25, 0.3) is 11.3 Å². The molecule has 0 saturated heterocycles. The molecule has 146 valence electrons. The Morgan fingerprint density at radius 1 is 1.21 bits per heavy atom. The van der Waals surface area contributed by atoms with Crippen molar-refractivity contribution in [1.29, 1.82) is 0 Å². The Morgan fingerprint density at radius 2 is 1.89 bits per heavy atom. The molecule has 7 nitrogen and oxygen atoms in total. The van der Waals surface area contributed by atoms with E-state index in [9.17, 15) is 18.4 Å². The quantitative estimate of drug-likeness (QED) is 0.657. The number of halogens is 3. The lowest BCUT2D eigenvalue weighted by Crippen LogP contribution is -2.23. The van der Waals surface area contributed by atoms with Crippen molar-refractivity contribution in [1.82, 2.24) is 14.3 Å². The van der Waals surface area contributed by atoms with Crippen LogP contribution in [0.4, 0.5) is 14.5 Å². The summed E-state index contributed by atoms with van der Waals surface area (Å²) in [5, 5.41) is 6.66. The van der Waals surface area contributed by atoms with Crippen molar-refractivity contribution >= 4 is 23.2 Å². The van der Waals surface area contributed by atoms with Gasteiger partial charge in [-0.3, -0.25) is 14.3 Å². The number of ether oxygens (including phenoxy) is 1. The van der Waals surface area contributed by atoms with Gasteiger partial charge >= 0.3 is 5.57 Å². The van der Waals surface area contributed by atoms with Crippen molar-refractivity contribution in [2.45, 2.75) is 5.57 Å². The highest BCUT2D eigenvalue weighted by molar-refractivity contribution is 6.20. The Labute approximate surface area is 163 Å². The lowest BCUT2D eigenvalue weighted by Gasteiger charge is -2.12. The fourth-order valence-electron chi connectivity index (χ4n) is 2.60. The molecule has 0 unspecified atom stereocenters. The monoisotopic (exact) mass is 408 g/mol. The Morgan fingerprint density at radius 3 is 2.46 bits per heavy atom. The SMILES string of the molecule is Cn1nccc1-c1cc(C(=O)Nc2ccc(OC(F)(F)Cl)cc2)cn(C)c1=O. The number of amides is 1. The van der Waals surface area contributed by atoms with E-state index in [-0.39, 0.29) is 16.9 Å². The van der Waals surface area contributed by atoms with Crippen LogP contribution in [0.3, 0.4) is 0 Å². The number of hydrogen-bond donors (Lipinski definition) is 1. The molecule has 0 aliphatic rings. The minimum absolute atomic E-state index is 0.154. The van der Waals surface area contributed by atoms with Crippen LogP contribution in [0, 0.1) is 0 Å². The minimum atomic E-state index is -3.82. The summed E-state index contributed by atoms with van der Waals surface area (Å²) < 4.78 is 32.3. The molecule has 0 saturated carbocycles. The lowest BCUT2D eigenvalue weighted by molar-refractivity contribution is -0.0964. The molecule has 2 heterocycles. The summed E-state index contributed by atoms with van der Waals surface area (Å²) in [7, 11) is 3.23. The number of aryl methyl sites for hydroxylation is 2. The predicted octanol–water partition coefficient (Wildman–Crippen LogP) is 3.21. The molecule has 10 heteroatoms. The van der Waals surface area contributed by atoms with Crippen LogP contribution >= 0.6 is 11.6 Å². The predicted molar refractivity (Wildman–Crippen MR) is 99.7 cm³/mol. The van der Waals surface area contributed by atoms with Crippen LogP contribution in [-0.2, 0) is 14.1 Å². The number of nitrogens with one attached hydrogen (secondary N) is 1. The van der Waals surface area contributed by atoms with Crippen molar-refractivity contribution < 1.29 is 18.3 Å². The smallest absolute Gasteiger partial charge is 0.420 e. The van der Waals surface area contributed by atoms with Crippen molar-refractivity contribution in [2.24, 2.45) is 14.1 Å². The fourth-order valence-corrected chi connectivity index (χ4v) is 2.69. The number of nitrogens with zero attached hydrogens (tertiary/aromatic N) is 3. The third kappa shape index (κ3) is 4.37. The summed E-state index contributed by atoms with van der Waals surface area (Å²) in [5.41, 5.74) is -2.61. The molecule has 1 aromatic carbocycles. The van der Waals surface area contributed by atoms with E-state index < -0.39 is 11.5 Å². The van der Waals surface area contributed by atoms with Gasteiger partial charge in [0.1, 0.15) is 5.75 Å². The summed E-state index contributed by atoms with van der Waals surface area (Å²) in [5.74, 6) is -0.631. The zero-order chi connectivity index (χ0) is 20.5. The normalized spacial score (nSPS) is 11.3. The van der Waals surface area contributed by atoms with E-state index in [0.29, 0.717) is 16.9 Å². The van der Waals surface area contributed by atoms with Gasteiger partial charge in [-0.1, -0.05) is 0 Å². The molecular formula is C18H15ClF2N4O3. The number of hydrogen-bond acceptors (Lipinski definition) is 4. The molecule has 1 N–H and O–H groups in total. The minimum Gasteiger partial charge on any atom is -0.420 e. The second-order valence-corrected chi connectivity index (χ2v) is 6.36. The maximum Gasteiger partial charge on any atom is 0.487 e. The number of benzene rings is 1. The van der Waals surface area contributed by atoms with Gasteiger partial charge in [0.05, 0.1) is 16.8 Å².